The molecule has 0 aliphatic heterocycles. The summed E-state index contributed by atoms with van der Waals surface area (Å²) in [5.41, 5.74) is 2.06. The van der Waals surface area contributed by atoms with Crippen molar-refractivity contribution in [1.82, 2.24) is 24.7 Å². The molecule has 0 aromatic carbocycles. The quantitative estimate of drug-likeness (QED) is 0.556. The van der Waals surface area contributed by atoms with Gasteiger partial charge < -0.3 is 10.7 Å². The highest BCUT2D eigenvalue weighted by atomic mass is 19.4. The Labute approximate surface area is 111 Å². The zero-order valence-corrected chi connectivity index (χ0v) is 10.3. The molecule has 0 saturated carbocycles. The van der Waals surface area contributed by atoms with Crippen molar-refractivity contribution in [2.45, 2.75) is 12.7 Å². The average molecular weight is 288 g/mol. The maximum atomic E-state index is 12.6. The minimum atomic E-state index is -4.66. The van der Waals surface area contributed by atoms with E-state index in [0.29, 0.717) is 5.82 Å². The number of hydrogen-bond donors (Lipinski definition) is 3. The molecular weight excluding hydrogens is 277 g/mol. The molecule has 11 heteroatoms. The molecule has 0 amide bonds. The van der Waals surface area contributed by atoms with Gasteiger partial charge in [-0.15, -0.1) is 0 Å². The molecule has 2 aromatic rings. The minimum Gasteiger partial charge on any atom is -0.363 e. The molecule has 0 radical (unpaired) electrons. The second-order valence-electron chi connectivity index (χ2n) is 3.79. The van der Waals surface area contributed by atoms with Gasteiger partial charge in [0.1, 0.15) is 18.0 Å². The Morgan fingerprint density at radius 2 is 2.00 bits per heavy atom. The van der Waals surface area contributed by atoms with Gasteiger partial charge in [0, 0.05) is 13.1 Å². The second kappa shape index (κ2) is 5.28. The SMILES string of the molecule is Cn1cnc(CNc2cc(NN)nc(C(F)(F)F)n2)n1. The van der Waals surface area contributed by atoms with E-state index >= 15 is 0 Å². The highest BCUT2D eigenvalue weighted by Gasteiger charge is 2.35. The first-order valence-electron chi connectivity index (χ1n) is 5.40. The third-order valence-electron chi connectivity index (χ3n) is 2.20. The van der Waals surface area contributed by atoms with E-state index in [1.165, 1.54) is 17.1 Å². The second-order valence-corrected chi connectivity index (χ2v) is 3.79. The van der Waals surface area contributed by atoms with Gasteiger partial charge in [-0.05, 0) is 0 Å². The zero-order valence-electron chi connectivity index (χ0n) is 10.3. The molecular formula is C9H11F3N8. The van der Waals surface area contributed by atoms with Crippen LogP contribution < -0.4 is 16.6 Å². The molecule has 20 heavy (non-hydrogen) atoms. The standard InChI is InChI=1S/C9H11F3N8/c1-20-4-15-7(19-20)3-14-5-2-6(18-13)17-8(16-5)9(10,11)12/h2,4H,3,13H2,1H3,(H2,14,16,17,18). The van der Waals surface area contributed by atoms with Gasteiger partial charge in [-0.25, -0.2) is 20.8 Å². The fourth-order valence-corrected chi connectivity index (χ4v) is 1.37. The molecule has 0 atom stereocenters. The number of hydrogen-bond acceptors (Lipinski definition) is 7. The van der Waals surface area contributed by atoms with E-state index in [-0.39, 0.29) is 18.2 Å². The van der Waals surface area contributed by atoms with Crippen LogP contribution in [0.3, 0.4) is 0 Å². The van der Waals surface area contributed by atoms with Crippen LogP contribution in [-0.2, 0) is 19.8 Å². The maximum Gasteiger partial charge on any atom is 0.451 e. The normalized spacial score (nSPS) is 11.4. The number of halogens is 3. The van der Waals surface area contributed by atoms with Gasteiger partial charge in [0.25, 0.3) is 0 Å². The van der Waals surface area contributed by atoms with Crippen LogP contribution in [0.4, 0.5) is 24.8 Å². The highest BCUT2D eigenvalue weighted by molar-refractivity contribution is 5.47. The van der Waals surface area contributed by atoms with Crippen molar-refractivity contribution < 1.29 is 13.2 Å². The monoisotopic (exact) mass is 288 g/mol. The van der Waals surface area contributed by atoms with Crippen molar-refractivity contribution in [1.29, 1.82) is 0 Å². The maximum absolute atomic E-state index is 12.6. The topological polar surface area (TPSA) is 107 Å². The Morgan fingerprint density at radius 1 is 1.30 bits per heavy atom. The van der Waals surface area contributed by atoms with E-state index in [1.54, 1.807) is 7.05 Å². The van der Waals surface area contributed by atoms with Crippen LogP contribution in [0.15, 0.2) is 12.4 Å². The van der Waals surface area contributed by atoms with Crippen molar-refractivity contribution in [2.75, 3.05) is 10.7 Å². The Morgan fingerprint density at radius 3 is 2.55 bits per heavy atom. The number of anilines is 2. The fourth-order valence-electron chi connectivity index (χ4n) is 1.37. The van der Waals surface area contributed by atoms with Crippen molar-refractivity contribution in [2.24, 2.45) is 12.9 Å². The summed E-state index contributed by atoms with van der Waals surface area (Å²) in [7, 11) is 1.68. The Bertz CT molecular complexity index is 593. The van der Waals surface area contributed by atoms with Gasteiger partial charge in [-0.3, -0.25) is 4.68 Å². The summed E-state index contributed by atoms with van der Waals surface area (Å²) in [5.74, 6) is 4.03. The Balaban J connectivity index is 2.18. The predicted molar refractivity (Wildman–Crippen MR) is 63.2 cm³/mol. The summed E-state index contributed by atoms with van der Waals surface area (Å²) < 4.78 is 39.3. The third kappa shape index (κ3) is 3.32. The predicted octanol–water partition coefficient (Wildman–Crippen LogP) is 0.522. The van der Waals surface area contributed by atoms with E-state index < -0.39 is 12.0 Å². The van der Waals surface area contributed by atoms with E-state index in [9.17, 15) is 13.2 Å². The van der Waals surface area contributed by atoms with Gasteiger partial charge in [-0.1, -0.05) is 0 Å². The number of aryl methyl sites for hydroxylation is 1. The number of rotatable bonds is 4. The van der Waals surface area contributed by atoms with Gasteiger partial charge in [0.2, 0.25) is 5.82 Å². The lowest BCUT2D eigenvalue weighted by molar-refractivity contribution is -0.144. The molecule has 108 valence electrons. The molecule has 0 aliphatic carbocycles. The lowest BCUT2D eigenvalue weighted by Gasteiger charge is -2.10. The van der Waals surface area contributed by atoms with Gasteiger partial charge in [0.05, 0.1) is 6.54 Å². The van der Waals surface area contributed by atoms with Crippen molar-refractivity contribution >= 4 is 11.6 Å². The number of nitrogens with one attached hydrogen (secondary N) is 2. The first kappa shape index (κ1) is 14.0. The van der Waals surface area contributed by atoms with Crippen LogP contribution in [0.5, 0.6) is 0 Å². The fraction of sp³-hybridized carbons (Fsp3) is 0.333. The van der Waals surface area contributed by atoms with Crippen LogP contribution in [0.2, 0.25) is 0 Å². The number of nitrogen functional groups attached to an aromatic ring is 1. The molecule has 8 nitrogen and oxygen atoms in total. The number of aromatic nitrogens is 5. The summed E-state index contributed by atoms with van der Waals surface area (Å²) in [6.07, 6.45) is -3.18. The molecule has 0 bridgehead atoms. The summed E-state index contributed by atoms with van der Waals surface area (Å²) >= 11 is 0. The molecule has 2 rings (SSSR count). The largest absolute Gasteiger partial charge is 0.451 e. The van der Waals surface area contributed by atoms with E-state index in [4.69, 9.17) is 5.84 Å². The number of nitrogens with zero attached hydrogens (tertiary/aromatic N) is 5. The van der Waals surface area contributed by atoms with Gasteiger partial charge >= 0.3 is 6.18 Å². The lowest BCUT2D eigenvalue weighted by Crippen LogP contribution is -2.17. The van der Waals surface area contributed by atoms with Gasteiger partial charge in [0.15, 0.2) is 5.82 Å². The molecule has 2 aromatic heterocycles. The van der Waals surface area contributed by atoms with Crippen LogP contribution in [0.25, 0.3) is 0 Å². The number of alkyl halides is 3. The van der Waals surface area contributed by atoms with E-state index in [0.717, 1.165) is 0 Å². The smallest absolute Gasteiger partial charge is 0.363 e. The number of nitrogens with two attached hydrogens (primary N) is 1. The van der Waals surface area contributed by atoms with Crippen LogP contribution in [-0.4, -0.2) is 24.7 Å². The molecule has 4 N–H and O–H groups in total. The molecule has 0 unspecified atom stereocenters. The molecule has 0 saturated heterocycles. The van der Waals surface area contributed by atoms with Crippen molar-refractivity contribution in [3.05, 3.63) is 24.0 Å². The van der Waals surface area contributed by atoms with Crippen molar-refractivity contribution in [3.63, 3.8) is 0 Å². The summed E-state index contributed by atoms with van der Waals surface area (Å²) in [6, 6.07) is 1.25. The first-order chi connectivity index (χ1) is 9.38. The molecule has 2 heterocycles. The molecule has 0 fully saturated rings. The van der Waals surface area contributed by atoms with E-state index in [2.05, 4.69) is 30.8 Å². The number of hydrazine groups is 1. The van der Waals surface area contributed by atoms with Crippen LogP contribution >= 0.6 is 0 Å². The van der Waals surface area contributed by atoms with Crippen molar-refractivity contribution in [3.8, 4) is 0 Å². The summed E-state index contributed by atoms with van der Waals surface area (Å²) in [4.78, 5) is 10.5. The minimum absolute atomic E-state index is 0.0345. The molecule has 0 spiro atoms. The lowest BCUT2D eigenvalue weighted by atomic mass is 10.4. The van der Waals surface area contributed by atoms with Crippen LogP contribution in [0.1, 0.15) is 11.6 Å². The average Bonchev–Trinajstić information content (AvgIpc) is 2.81. The highest BCUT2D eigenvalue weighted by Crippen LogP contribution is 2.28. The summed E-state index contributed by atoms with van der Waals surface area (Å²) in [5, 5.41) is 6.65. The van der Waals surface area contributed by atoms with Crippen LogP contribution in [0, 0.1) is 0 Å². The van der Waals surface area contributed by atoms with E-state index in [1.807, 2.05) is 0 Å². The Kier molecular flexibility index (Phi) is 3.70. The zero-order chi connectivity index (χ0) is 14.8. The van der Waals surface area contributed by atoms with Gasteiger partial charge in [-0.2, -0.15) is 18.3 Å². The molecule has 0 aliphatic rings. The Hall–Kier alpha value is -2.43. The summed E-state index contributed by atoms with van der Waals surface area (Å²) in [6.45, 7) is 0.124. The third-order valence-corrected chi connectivity index (χ3v) is 2.20. The first-order valence-corrected chi connectivity index (χ1v) is 5.40.